The molecule has 0 unspecified atom stereocenters. The minimum absolute atomic E-state index is 0.0606. The molecule has 9 heteroatoms. The van der Waals surface area contributed by atoms with E-state index in [1.165, 1.54) is 30.4 Å². The molecule has 0 amide bonds. The van der Waals surface area contributed by atoms with Crippen LogP contribution >= 0.6 is 23.5 Å². The van der Waals surface area contributed by atoms with Crippen LogP contribution in [0.2, 0.25) is 0 Å². The van der Waals surface area contributed by atoms with Crippen molar-refractivity contribution >= 4 is 47.2 Å². The lowest BCUT2D eigenvalue weighted by Crippen LogP contribution is -2.32. The van der Waals surface area contributed by atoms with E-state index in [0.29, 0.717) is 37.4 Å². The Kier molecular flexibility index (Phi) is 9.85. The van der Waals surface area contributed by atoms with Crippen molar-refractivity contribution in [3.63, 3.8) is 0 Å². The fourth-order valence-electron chi connectivity index (χ4n) is 9.00. The Balaban J connectivity index is 1.36. The summed E-state index contributed by atoms with van der Waals surface area (Å²) in [6.45, 7) is 9.31. The first-order chi connectivity index (χ1) is 25.5. The van der Waals surface area contributed by atoms with Crippen molar-refractivity contribution in [3.8, 4) is 11.5 Å². The molecule has 0 aromatic heterocycles. The Bertz CT molecular complexity index is 1880. The van der Waals surface area contributed by atoms with Crippen LogP contribution in [0, 0.1) is 23.7 Å². The molecular formula is C44H46O7S2. The van der Waals surface area contributed by atoms with Gasteiger partial charge in [0.05, 0.1) is 32.0 Å². The Hall–Kier alpha value is -3.82. The standard InChI is InChI=1S/C44H46O7S2/c1-22(2)49-43(48)32(25(5)45)44-52-39-37(50-41(46)26-18-14-23(3)15-19-26)35-33-28-10-6-8-12-30(28)34(31-13-9-7-11-29(31)33)36(35)38(40(39)53-44)51-42(47)27-20-16-24(4)17-21-27/h6-13,22-24,26-27,33-34H,14-21H2,1-5H3. The summed E-state index contributed by atoms with van der Waals surface area (Å²) in [5, 5.41) is 0. The molecule has 0 atom stereocenters. The maximum Gasteiger partial charge on any atom is 0.343 e. The van der Waals surface area contributed by atoms with Crippen molar-refractivity contribution < 1.29 is 33.4 Å². The minimum Gasteiger partial charge on any atom is -0.459 e. The molecule has 9 rings (SSSR count). The average molecular weight is 751 g/mol. The van der Waals surface area contributed by atoms with Crippen molar-refractivity contribution in [1.82, 2.24) is 0 Å². The SMILES string of the molecule is CC(=O)C(C(=O)OC(C)C)=C1Sc2c(OC(=O)C3CCC(C)CC3)c3c(c(OC(=O)C4CCC(C)CC4)c2S1)C1c2ccccc2C3c2ccccc21. The number of ether oxygens (including phenoxy) is 3. The van der Waals surface area contributed by atoms with Crippen LogP contribution in [0.1, 0.15) is 131 Å². The Morgan fingerprint density at radius 2 is 1.00 bits per heavy atom. The summed E-state index contributed by atoms with van der Waals surface area (Å²) >= 11 is 2.47. The van der Waals surface area contributed by atoms with Gasteiger partial charge in [-0.3, -0.25) is 14.4 Å². The second-order valence-electron chi connectivity index (χ2n) is 15.9. The average Bonchev–Trinajstić information content (AvgIpc) is 3.57. The summed E-state index contributed by atoms with van der Waals surface area (Å²) in [7, 11) is 0. The van der Waals surface area contributed by atoms with E-state index >= 15 is 0 Å². The lowest BCUT2D eigenvalue weighted by Gasteiger charge is -2.43. The fourth-order valence-corrected chi connectivity index (χ4v) is 11.8. The summed E-state index contributed by atoms with van der Waals surface area (Å²) in [6.07, 6.45) is 6.49. The van der Waals surface area contributed by atoms with Crippen LogP contribution in [-0.4, -0.2) is 29.8 Å². The molecule has 6 aliphatic rings. The first kappa shape index (κ1) is 36.2. The lowest BCUT2D eigenvalue weighted by atomic mass is 9.60. The zero-order valence-electron chi connectivity index (χ0n) is 31.0. The monoisotopic (exact) mass is 750 g/mol. The number of hydrogen-bond donors (Lipinski definition) is 0. The van der Waals surface area contributed by atoms with E-state index in [1.807, 2.05) is 24.3 Å². The van der Waals surface area contributed by atoms with Gasteiger partial charge in [-0.15, -0.1) is 0 Å². The molecule has 2 fully saturated rings. The van der Waals surface area contributed by atoms with E-state index in [4.69, 9.17) is 14.2 Å². The quantitative estimate of drug-likeness (QED) is 0.0530. The summed E-state index contributed by atoms with van der Waals surface area (Å²) < 4.78 is 19.3. The van der Waals surface area contributed by atoms with Gasteiger partial charge in [-0.2, -0.15) is 0 Å². The van der Waals surface area contributed by atoms with Crippen LogP contribution in [0.3, 0.4) is 0 Å². The number of rotatable bonds is 7. The van der Waals surface area contributed by atoms with Crippen molar-refractivity contribution in [1.29, 1.82) is 0 Å². The summed E-state index contributed by atoms with van der Waals surface area (Å²) in [4.78, 5) is 56.4. The van der Waals surface area contributed by atoms with Crippen LogP contribution in [0.15, 0.2) is 68.1 Å². The number of fused-ring (bicyclic) bond motifs is 1. The number of hydrogen-bond acceptors (Lipinski definition) is 9. The highest BCUT2D eigenvalue weighted by atomic mass is 32.2. The molecule has 2 saturated carbocycles. The van der Waals surface area contributed by atoms with E-state index in [9.17, 15) is 19.2 Å². The summed E-state index contributed by atoms with van der Waals surface area (Å²) in [6, 6.07) is 16.7. The molecule has 7 nitrogen and oxygen atoms in total. The van der Waals surface area contributed by atoms with Crippen LogP contribution < -0.4 is 9.47 Å². The Morgan fingerprint density at radius 3 is 1.34 bits per heavy atom. The zero-order chi connectivity index (χ0) is 37.1. The molecule has 1 heterocycles. The molecular weight excluding hydrogens is 705 g/mol. The summed E-state index contributed by atoms with van der Waals surface area (Å²) in [5.74, 6) is -0.672. The Labute approximate surface area is 320 Å². The third-order valence-corrected chi connectivity index (χ3v) is 14.4. The molecule has 2 bridgehead atoms. The zero-order valence-corrected chi connectivity index (χ0v) is 32.6. The van der Waals surface area contributed by atoms with Gasteiger partial charge < -0.3 is 14.2 Å². The first-order valence-electron chi connectivity index (χ1n) is 19.2. The number of ketones is 1. The van der Waals surface area contributed by atoms with Gasteiger partial charge in [0, 0.05) is 23.0 Å². The molecule has 5 aliphatic carbocycles. The molecule has 3 aromatic rings. The normalized spacial score (nSPS) is 25.1. The largest absolute Gasteiger partial charge is 0.459 e. The van der Waals surface area contributed by atoms with Crippen molar-refractivity contribution in [3.05, 3.63) is 91.7 Å². The van der Waals surface area contributed by atoms with Gasteiger partial charge in [-0.05, 0) is 106 Å². The topological polar surface area (TPSA) is 96.0 Å². The van der Waals surface area contributed by atoms with E-state index in [2.05, 4.69) is 38.1 Å². The Morgan fingerprint density at radius 1 is 0.623 bits per heavy atom. The highest BCUT2D eigenvalue weighted by Gasteiger charge is 2.49. The minimum atomic E-state index is -0.704. The lowest BCUT2D eigenvalue weighted by molar-refractivity contribution is -0.144. The maximum atomic E-state index is 14.2. The van der Waals surface area contributed by atoms with Gasteiger partial charge in [0.1, 0.15) is 5.57 Å². The van der Waals surface area contributed by atoms with E-state index < -0.39 is 17.9 Å². The number of esters is 3. The van der Waals surface area contributed by atoms with Crippen LogP contribution in [-0.2, 0) is 23.9 Å². The number of carbonyl (C=O) groups is 4. The smallest absolute Gasteiger partial charge is 0.343 e. The van der Waals surface area contributed by atoms with Gasteiger partial charge in [0.2, 0.25) is 0 Å². The number of thioether (sulfide) groups is 2. The van der Waals surface area contributed by atoms with Gasteiger partial charge in [-0.1, -0.05) is 85.9 Å². The van der Waals surface area contributed by atoms with Gasteiger partial charge in [0.15, 0.2) is 17.3 Å². The first-order valence-corrected chi connectivity index (χ1v) is 20.8. The number of Topliss-reactive ketones (excluding diaryl/α,β-unsaturated/α-hetero) is 1. The van der Waals surface area contributed by atoms with Crippen molar-refractivity contribution in [2.45, 2.75) is 114 Å². The molecule has 0 radical (unpaired) electrons. The second kappa shape index (κ2) is 14.4. The molecule has 53 heavy (non-hydrogen) atoms. The molecule has 276 valence electrons. The fraction of sp³-hybridized carbons (Fsp3) is 0.455. The van der Waals surface area contributed by atoms with Gasteiger partial charge >= 0.3 is 17.9 Å². The number of benzene rings is 3. The molecule has 3 aromatic carbocycles. The van der Waals surface area contributed by atoms with E-state index in [1.54, 1.807) is 13.8 Å². The highest BCUT2D eigenvalue weighted by Crippen LogP contribution is 2.68. The van der Waals surface area contributed by atoms with Crippen LogP contribution in [0.4, 0.5) is 0 Å². The molecule has 0 N–H and O–H groups in total. The van der Waals surface area contributed by atoms with Crippen LogP contribution in [0.5, 0.6) is 11.5 Å². The molecule has 0 saturated heterocycles. The van der Waals surface area contributed by atoms with Crippen molar-refractivity contribution in [2.75, 3.05) is 0 Å². The third-order valence-electron chi connectivity index (χ3n) is 11.8. The molecule has 0 spiro atoms. The van der Waals surface area contributed by atoms with E-state index in [-0.39, 0.29) is 41.2 Å². The highest BCUT2D eigenvalue weighted by molar-refractivity contribution is 8.25. The van der Waals surface area contributed by atoms with Gasteiger partial charge in [0.25, 0.3) is 0 Å². The van der Waals surface area contributed by atoms with E-state index in [0.717, 1.165) is 84.7 Å². The summed E-state index contributed by atoms with van der Waals surface area (Å²) in [5.41, 5.74) is 6.10. The predicted octanol–water partition coefficient (Wildman–Crippen LogP) is 10.1. The van der Waals surface area contributed by atoms with Crippen LogP contribution in [0.25, 0.3) is 0 Å². The van der Waals surface area contributed by atoms with Gasteiger partial charge in [-0.25, -0.2) is 4.79 Å². The molecule has 1 aliphatic heterocycles. The third kappa shape index (κ3) is 6.45. The maximum absolute atomic E-state index is 14.2. The number of carbonyl (C=O) groups excluding carboxylic acids is 4. The second-order valence-corrected chi connectivity index (χ2v) is 18.2. The van der Waals surface area contributed by atoms with Crippen molar-refractivity contribution in [2.24, 2.45) is 23.7 Å². The predicted molar refractivity (Wildman–Crippen MR) is 205 cm³/mol.